The molecule has 3 aromatic carbocycles. The number of aryl methyl sites for hydroxylation is 2. The molecule has 0 saturated heterocycles. The van der Waals surface area contributed by atoms with Crippen LogP contribution in [0.2, 0.25) is 5.02 Å². The maximum Gasteiger partial charge on any atom is 0.250 e. The fraction of sp³-hybridized carbons (Fsp3) is 0.143. The number of carbonyl (C=O) groups excluding carboxylic acids is 1. The molecule has 1 amide bonds. The fourth-order valence-electron chi connectivity index (χ4n) is 3.27. The summed E-state index contributed by atoms with van der Waals surface area (Å²) in [5, 5.41) is 7.38. The van der Waals surface area contributed by atoms with E-state index in [2.05, 4.69) is 40.9 Å². The second-order valence-electron chi connectivity index (χ2n) is 6.19. The molecule has 0 unspecified atom stereocenters. The summed E-state index contributed by atoms with van der Waals surface area (Å²) >= 11 is 7.31. The Morgan fingerprint density at radius 1 is 1.08 bits per heavy atom. The van der Waals surface area contributed by atoms with Crippen molar-refractivity contribution in [3.63, 3.8) is 0 Å². The van der Waals surface area contributed by atoms with Crippen LogP contribution in [0.4, 0.5) is 0 Å². The highest BCUT2D eigenvalue weighted by Crippen LogP contribution is 2.32. The first-order chi connectivity index (χ1) is 12.7. The average molecular weight is 381 g/mol. The summed E-state index contributed by atoms with van der Waals surface area (Å²) in [4.78, 5) is 13.0. The summed E-state index contributed by atoms with van der Waals surface area (Å²) in [5.74, 6) is 0.176. The third kappa shape index (κ3) is 3.62. The molecule has 1 aliphatic rings. The molecule has 26 heavy (non-hydrogen) atoms. The van der Waals surface area contributed by atoms with Crippen LogP contribution in [0.3, 0.4) is 0 Å². The van der Waals surface area contributed by atoms with Crippen molar-refractivity contribution in [2.45, 2.75) is 17.7 Å². The van der Waals surface area contributed by atoms with E-state index in [4.69, 9.17) is 11.6 Å². The lowest BCUT2D eigenvalue weighted by Crippen LogP contribution is -2.19. The van der Waals surface area contributed by atoms with Gasteiger partial charge in [-0.15, -0.1) is 11.8 Å². The van der Waals surface area contributed by atoms with Gasteiger partial charge in [0.25, 0.3) is 0 Å². The molecule has 0 bridgehead atoms. The summed E-state index contributed by atoms with van der Waals surface area (Å²) in [6, 6.07) is 18.1. The lowest BCUT2D eigenvalue weighted by atomic mass is 10.0. The van der Waals surface area contributed by atoms with Crippen LogP contribution in [0.1, 0.15) is 16.7 Å². The number of halogens is 1. The summed E-state index contributed by atoms with van der Waals surface area (Å²) < 4.78 is 0. The van der Waals surface area contributed by atoms with Crippen molar-refractivity contribution >= 4 is 46.3 Å². The minimum absolute atomic E-state index is 0.132. The van der Waals surface area contributed by atoms with Crippen LogP contribution in [0, 0.1) is 0 Å². The zero-order valence-corrected chi connectivity index (χ0v) is 15.6. The van der Waals surface area contributed by atoms with Crippen molar-refractivity contribution in [1.29, 1.82) is 0 Å². The molecule has 0 aromatic heterocycles. The van der Waals surface area contributed by atoms with Gasteiger partial charge in [0.2, 0.25) is 5.91 Å². The molecule has 4 rings (SSSR count). The SMILES string of the molecule is O=C(CSc1ccc(Cl)cc1)N/N=C\c1ccc2c3c(cccc13)CC2. The third-order valence-electron chi connectivity index (χ3n) is 4.49. The van der Waals surface area contributed by atoms with Gasteiger partial charge in [0.1, 0.15) is 0 Å². The van der Waals surface area contributed by atoms with E-state index in [0.717, 1.165) is 23.3 Å². The zero-order chi connectivity index (χ0) is 17.9. The van der Waals surface area contributed by atoms with Crippen molar-refractivity contribution in [1.82, 2.24) is 5.43 Å². The van der Waals surface area contributed by atoms with E-state index in [0.29, 0.717) is 10.8 Å². The van der Waals surface area contributed by atoms with Gasteiger partial charge >= 0.3 is 0 Å². The van der Waals surface area contributed by atoms with Gasteiger partial charge in [-0.2, -0.15) is 5.10 Å². The van der Waals surface area contributed by atoms with Crippen molar-refractivity contribution in [3.05, 3.63) is 76.3 Å². The molecule has 0 spiro atoms. The Bertz CT molecular complexity index is 989. The van der Waals surface area contributed by atoms with Gasteiger partial charge < -0.3 is 0 Å². The molecule has 130 valence electrons. The van der Waals surface area contributed by atoms with Gasteiger partial charge in [0, 0.05) is 15.5 Å². The average Bonchev–Trinajstić information content (AvgIpc) is 3.08. The van der Waals surface area contributed by atoms with E-state index in [1.807, 2.05) is 24.3 Å². The van der Waals surface area contributed by atoms with Crippen LogP contribution in [0.25, 0.3) is 10.8 Å². The van der Waals surface area contributed by atoms with E-state index in [-0.39, 0.29) is 5.91 Å². The lowest BCUT2D eigenvalue weighted by molar-refractivity contribution is -0.118. The number of nitrogens with zero attached hydrogens (tertiary/aromatic N) is 1. The van der Waals surface area contributed by atoms with Crippen molar-refractivity contribution in [2.75, 3.05) is 5.75 Å². The molecule has 1 aliphatic carbocycles. The molecule has 0 heterocycles. The van der Waals surface area contributed by atoms with Gasteiger partial charge in [0.15, 0.2) is 0 Å². The second kappa shape index (κ2) is 7.52. The minimum atomic E-state index is -0.132. The molecule has 0 fully saturated rings. The smallest absolute Gasteiger partial charge is 0.250 e. The Labute approximate surface area is 161 Å². The number of amides is 1. The Morgan fingerprint density at radius 2 is 1.85 bits per heavy atom. The van der Waals surface area contributed by atoms with Crippen LogP contribution in [-0.2, 0) is 17.6 Å². The highest BCUT2D eigenvalue weighted by Gasteiger charge is 2.14. The number of hydrazone groups is 1. The van der Waals surface area contributed by atoms with Crippen molar-refractivity contribution in [2.24, 2.45) is 5.10 Å². The van der Waals surface area contributed by atoms with E-state index < -0.39 is 0 Å². The number of hydrogen-bond acceptors (Lipinski definition) is 3. The first-order valence-corrected chi connectivity index (χ1v) is 9.81. The standard InChI is InChI=1S/C21H17ClN2OS/c22-17-8-10-18(11-9-17)26-13-20(25)24-23-12-16-7-6-15-5-4-14-2-1-3-19(16)21(14)15/h1-3,6-12H,4-5,13H2,(H,24,25)/b23-12-. The predicted molar refractivity (Wildman–Crippen MR) is 109 cm³/mol. The number of thioether (sulfide) groups is 1. The molecular weight excluding hydrogens is 364 g/mol. The molecule has 0 atom stereocenters. The number of carbonyl (C=O) groups is 1. The monoisotopic (exact) mass is 380 g/mol. The third-order valence-corrected chi connectivity index (χ3v) is 5.75. The Morgan fingerprint density at radius 3 is 2.65 bits per heavy atom. The first kappa shape index (κ1) is 17.1. The van der Waals surface area contributed by atoms with E-state index in [9.17, 15) is 4.79 Å². The molecule has 3 nitrogen and oxygen atoms in total. The normalized spacial score (nSPS) is 12.8. The number of rotatable bonds is 5. The topological polar surface area (TPSA) is 41.5 Å². The number of benzene rings is 3. The number of nitrogens with one attached hydrogen (secondary N) is 1. The van der Waals surface area contributed by atoms with Gasteiger partial charge in [-0.05, 0) is 59.0 Å². The molecule has 5 heteroatoms. The van der Waals surface area contributed by atoms with Gasteiger partial charge in [-0.25, -0.2) is 5.43 Å². The molecule has 0 radical (unpaired) electrons. The van der Waals surface area contributed by atoms with E-state index in [1.54, 1.807) is 6.21 Å². The summed E-state index contributed by atoms with van der Waals surface area (Å²) in [7, 11) is 0. The van der Waals surface area contributed by atoms with Gasteiger partial charge in [-0.3, -0.25) is 4.79 Å². The maximum atomic E-state index is 12.0. The molecule has 1 N–H and O–H groups in total. The Hall–Kier alpha value is -2.30. The zero-order valence-electron chi connectivity index (χ0n) is 14.0. The van der Waals surface area contributed by atoms with Gasteiger partial charge in [0.05, 0.1) is 12.0 Å². The summed E-state index contributed by atoms with van der Waals surface area (Å²) in [5.41, 5.74) is 6.43. The Kier molecular flexibility index (Phi) is 4.96. The van der Waals surface area contributed by atoms with Crippen molar-refractivity contribution in [3.8, 4) is 0 Å². The van der Waals surface area contributed by atoms with E-state index in [1.165, 1.54) is 33.7 Å². The van der Waals surface area contributed by atoms with E-state index >= 15 is 0 Å². The molecule has 0 aliphatic heterocycles. The predicted octanol–water partition coefficient (Wildman–Crippen LogP) is 4.83. The lowest BCUT2D eigenvalue weighted by Gasteiger charge is -2.05. The highest BCUT2D eigenvalue weighted by molar-refractivity contribution is 8.00. The van der Waals surface area contributed by atoms with Crippen LogP contribution >= 0.6 is 23.4 Å². The van der Waals surface area contributed by atoms with Crippen molar-refractivity contribution < 1.29 is 4.79 Å². The van der Waals surface area contributed by atoms with Gasteiger partial charge in [-0.1, -0.05) is 41.9 Å². The van der Waals surface area contributed by atoms with Crippen LogP contribution < -0.4 is 5.43 Å². The van der Waals surface area contributed by atoms with Crippen LogP contribution in [0.5, 0.6) is 0 Å². The second-order valence-corrected chi connectivity index (χ2v) is 7.67. The van der Waals surface area contributed by atoms with Crippen LogP contribution in [-0.4, -0.2) is 17.9 Å². The first-order valence-electron chi connectivity index (χ1n) is 8.44. The Balaban J connectivity index is 1.40. The quantitative estimate of drug-likeness (QED) is 0.391. The minimum Gasteiger partial charge on any atom is -0.272 e. The fourth-order valence-corrected chi connectivity index (χ4v) is 4.08. The number of hydrogen-bond donors (Lipinski definition) is 1. The highest BCUT2D eigenvalue weighted by atomic mass is 35.5. The molecule has 0 saturated carbocycles. The van der Waals surface area contributed by atoms with Crippen LogP contribution in [0.15, 0.2) is 64.6 Å². The summed E-state index contributed by atoms with van der Waals surface area (Å²) in [6.45, 7) is 0. The largest absolute Gasteiger partial charge is 0.272 e. The molecule has 3 aromatic rings. The maximum absolute atomic E-state index is 12.0. The summed E-state index contributed by atoms with van der Waals surface area (Å²) in [6.07, 6.45) is 3.93. The molecular formula is C21H17ClN2OS.